The molecule has 16 heavy (non-hydrogen) atoms. The highest BCUT2D eigenvalue weighted by Gasteiger charge is 2.35. The van der Waals surface area contributed by atoms with Crippen LogP contribution in [0, 0.1) is 0 Å². The summed E-state index contributed by atoms with van der Waals surface area (Å²) >= 11 is 5.18. The molecular formula is C11H17BrN2OS. The molecule has 1 aliphatic rings. The van der Waals surface area contributed by atoms with E-state index in [4.69, 9.17) is 5.73 Å². The molecule has 3 nitrogen and oxygen atoms in total. The van der Waals surface area contributed by atoms with Crippen LogP contribution in [0.1, 0.15) is 24.3 Å². The topological polar surface area (TPSA) is 49.5 Å². The second kappa shape index (κ2) is 4.74. The van der Waals surface area contributed by atoms with E-state index in [0.29, 0.717) is 13.1 Å². The fourth-order valence-corrected chi connectivity index (χ4v) is 3.79. The molecule has 0 radical (unpaired) electrons. The van der Waals surface area contributed by atoms with Crippen molar-refractivity contribution in [2.75, 3.05) is 19.6 Å². The molecule has 5 heteroatoms. The predicted molar refractivity (Wildman–Crippen MR) is 70.6 cm³/mol. The van der Waals surface area contributed by atoms with E-state index in [2.05, 4.69) is 32.3 Å². The second-order valence-corrected chi connectivity index (χ2v) is 6.49. The zero-order valence-corrected chi connectivity index (χ0v) is 11.7. The number of nitrogens with two attached hydrogens (primary N) is 1. The van der Waals surface area contributed by atoms with Crippen molar-refractivity contribution in [3.63, 3.8) is 0 Å². The predicted octanol–water partition coefficient (Wildman–Crippen LogP) is 1.97. The third-order valence-corrected chi connectivity index (χ3v) is 4.86. The summed E-state index contributed by atoms with van der Waals surface area (Å²) in [6, 6.07) is 2.36. The molecule has 0 aromatic carbocycles. The molecule has 1 saturated heterocycles. The van der Waals surface area contributed by atoms with Gasteiger partial charge in [-0.25, -0.2) is 0 Å². The molecule has 0 amide bonds. The Hall–Kier alpha value is 0.0600. The van der Waals surface area contributed by atoms with E-state index >= 15 is 0 Å². The van der Waals surface area contributed by atoms with Gasteiger partial charge in [-0.2, -0.15) is 0 Å². The molecule has 2 atom stereocenters. The molecule has 3 N–H and O–H groups in total. The Morgan fingerprint density at radius 3 is 2.94 bits per heavy atom. The molecule has 1 aromatic rings. The van der Waals surface area contributed by atoms with Crippen molar-refractivity contribution < 1.29 is 5.11 Å². The summed E-state index contributed by atoms with van der Waals surface area (Å²) in [5.41, 5.74) is 5.30. The first-order valence-electron chi connectivity index (χ1n) is 5.42. The van der Waals surface area contributed by atoms with Gasteiger partial charge in [-0.15, -0.1) is 11.3 Å². The average Bonchev–Trinajstić information content (AvgIpc) is 2.75. The number of aliphatic hydroxyl groups is 1. The molecule has 2 unspecified atom stereocenters. The molecule has 0 aliphatic carbocycles. The van der Waals surface area contributed by atoms with Crippen molar-refractivity contribution in [1.82, 2.24) is 4.90 Å². The molecule has 0 bridgehead atoms. The number of rotatable bonds is 3. The van der Waals surface area contributed by atoms with Gasteiger partial charge >= 0.3 is 0 Å². The molecule has 2 rings (SSSR count). The Balaban J connectivity index is 2.12. The SMILES string of the molecule is CC1(O)CCN(C(CN)c2cc(Br)cs2)C1. The number of halogens is 1. The normalized spacial score (nSPS) is 28.5. The van der Waals surface area contributed by atoms with Crippen molar-refractivity contribution in [3.05, 3.63) is 20.8 Å². The van der Waals surface area contributed by atoms with Gasteiger partial charge in [0.2, 0.25) is 0 Å². The standard InChI is InChI=1S/C11H17BrN2OS/c1-11(15)2-3-14(7-11)9(5-13)10-4-8(12)6-16-10/h4,6,9,15H,2-3,5,7,13H2,1H3. The van der Waals surface area contributed by atoms with E-state index in [-0.39, 0.29) is 6.04 Å². The van der Waals surface area contributed by atoms with Crippen LogP contribution in [-0.4, -0.2) is 35.2 Å². The van der Waals surface area contributed by atoms with Crippen LogP contribution in [0.5, 0.6) is 0 Å². The van der Waals surface area contributed by atoms with Crippen LogP contribution in [-0.2, 0) is 0 Å². The highest BCUT2D eigenvalue weighted by atomic mass is 79.9. The lowest BCUT2D eigenvalue weighted by Gasteiger charge is -2.26. The van der Waals surface area contributed by atoms with Gasteiger partial charge < -0.3 is 10.8 Å². The minimum atomic E-state index is -0.554. The van der Waals surface area contributed by atoms with Crippen LogP contribution in [0.25, 0.3) is 0 Å². The minimum absolute atomic E-state index is 0.241. The summed E-state index contributed by atoms with van der Waals surface area (Å²) in [4.78, 5) is 3.55. The van der Waals surface area contributed by atoms with E-state index < -0.39 is 5.60 Å². The van der Waals surface area contributed by atoms with Gasteiger partial charge in [-0.3, -0.25) is 4.90 Å². The fourth-order valence-electron chi connectivity index (χ4n) is 2.19. The van der Waals surface area contributed by atoms with Gasteiger partial charge in [-0.1, -0.05) is 0 Å². The molecule has 1 aliphatic heterocycles. The first-order chi connectivity index (χ1) is 7.52. The molecule has 90 valence electrons. The van der Waals surface area contributed by atoms with Crippen LogP contribution >= 0.6 is 27.3 Å². The van der Waals surface area contributed by atoms with E-state index in [9.17, 15) is 5.11 Å². The van der Waals surface area contributed by atoms with Gasteiger partial charge in [0.25, 0.3) is 0 Å². The maximum Gasteiger partial charge on any atom is 0.0758 e. The summed E-state index contributed by atoms with van der Waals surface area (Å²) in [6.07, 6.45) is 0.829. The number of likely N-dealkylation sites (tertiary alicyclic amines) is 1. The Bertz CT molecular complexity index is 367. The van der Waals surface area contributed by atoms with Gasteiger partial charge in [0.15, 0.2) is 0 Å². The molecule has 0 spiro atoms. The lowest BCUT2D eigenvalue weighted by atomic mass is 10.1. The molecule has 2 heterocycles. The van der Waals surface area contributed by atoms with E-state index in [1.807, 2.05) is 6.92 Å². The zero-order chi connectivity index (χ0) is 11.8. The number of β-amino-alcohol motifs (C(OH)–C–C–N with tert-alkyl or cyclic N) is 1. The van der Waals surface area contributed by atoms with Crippen molar-refractivity contribution in [1.29, 1.82) is 0 Å². The van der Waals surface area contributed by atoms with Crippen molar-refractivity contribution in [3.8, 4) is 0 Å². The molecule has 0 saturated carbocycles. The van der Waals surface area contributed by atoms with E-state index in [0.717, 1.165) is 17.4 Å². The monoisotopic (exact) mass is 304 g/mol. The third kappa shape index (κ3) is 2.65. The summed E-state index contributed by atoms with van der Waals surface area (Å²) in [5, 5.41) is 12.0. The third-order valence-electron chi connectivity index (χ3n) is 3.06. The number of nitrogens with zero attached hydrogens (tertiary/aromatic N) is 1. The number of hydrogen-bond donors (Lipinski definition) is 2. The van der Waals surface area contributed by atoms with Gasteiger partial charge in [0.05, 0.1) is 11.6 Å². The molecule has 1 aromatic heterocycles. The smallest absolute Gasteiger partial charge is 0.0758 e. The van der Waals surface area contributed by atoms with Crippen LogP contribution in [0.15, 0.2) is 15.9 Å². The van der Waals surface area contributed by atoms with Gasteiger partial charge in [0.1, 0.15) is 0 Å². The second-order valence-electron chi connectivity index (χ2n) is 4.64. The lowest BCUT2D eigenvalue weighted by molar-refractivity contribution is 0.0629. The van der Waals surface area contributed by atoms with Gasteiger partial charge in [-0.05, 0) is 35.3 Å². The first-order valence-corrected chi connectivity index (χ1v) is 7.09. The van der Waals surface area contributed by atoms with Crippen LogP contribution in [0.2, 0.25) is 0 Å². The highest BCUT2D eigenvalue weighted by molar-refractivity contribution is 9.10. The average molecular weight is 305 g/mol. The maximum atomic E-state index is 9.97. The summed E-state index contributed by atoms with van der Waals surface area (Å²) < 4.78 is 1.11. The van der Waals surface area contributed by atoms with E-state index in [1.54, 1.807) is 11.3 Å². The Kier molecular flexibility index (Phi) is 3.71. The molecular weight excluding hydrogens is 288 g/mol. The van der Waals surface area contributed by atoms with Crippen molar-refractivity contribution in [2.45, 2.75) is 25.0 Å². The Morgan fingerprint density at radius 1 is 1.75 bits per heavy atom. The fraction of sp³-hybridized carbons (Fsp3) is 0.636. The Morgan fingerprint density at radius 2 is 2.50 bits per heavy atom. The number of hydrogen-bond acceptors (Lipinski definition) is 4. The first kappa shape index (κ1) is 12.5. The van der Waals surface area contributed by atoms with Crippen molar-refractivity contribution in [2.24, 2.45) is 5.73 Å². The quantitative estimate of drug-likeness (QED) is 0.897. The largest absolute Gasteiger partial charge is 0.389 e. The van der Waals surface area contributed by atoms with Crippen LogP contribution < -0.4 is 5.73 Å². The lowest BCUT2D eigenvalue weighted by Crippen LogP contribution is -2.35. The molecule has 1 fully saturated rings. The van der Waals surface area contributed by atoms with Crippen molar-refractivity contribution >= 4 is 27.3 Å². The van der Waals surface area contributed by atoms with Gasteiger partial charge in [0, 0.05) is 34.4 Å². The highest BCUT2D eigenvalue weighted by Crippen LogP contribution is 2.33. The van der Waals surface area contributed by atoms with E-state index in [1.165, 1.54) is 4.88 Å². The summed E-state index contributed by atoms with van der Waals surface area (Å²) in [7, 11) is 0. The zero-order valence-electron chi connectivity index (χ0n) is 9.32. The Labute approximate surface area is 108 Å². The minimum Gasteiger partial charge on any atom is -0.389 e. The summed E-state index contributed by atoms with van der Waals surface area (Å²) in [6.45, 7) is 4.13. The maximum absolute atomic E-state index is 9.97. The summed E-state index contributed by atoms with van der Waals surface area (Å²) in [5.74, 6) is 0. The van der Waals surface area contributed by atoms with Crippen LogP contribution in [0.3, 0.4) is 0 Å². The van der Waals surface area contributed by atoms with Crippen LogP contribution in [0.4, 0.5) is 0 Å². The number of thiophene rings is 1.